The van der Waals surface area contributed by atoms with Crippen LogP contribution >= 0.6 is 22.9 Å². The highest BCUT2D eigenvalue weighted by molar-refractivity contribution is 7.16. The first-order valence-electron chi connectivity index (χ1n) is 7.58. The molecule has 1 fully saturated rings. The lowest BCUT2D eigenvalue weighted by atomic mass is 10.3. The lowest BCUT2D eigenvalue weighted by Crippen LogP contribution is -2.50. The number of fused-ring (bicyclic) bond motifs is 1. The summed E-state index contributed by atoms with van der Waals surface area (Å²) in [6.45, 7) is 4.40. The van der Waals surface area contributed by atoms with Gasteiger partial charge in [-0.15, -0.1) is 0 Å². The van der Waals surface area contributed by atoms with Crippen molar-refractivity contribution in [2.24, 2.45) is 0 Å². The third-order valence-electron chi connectivity index (χ3n) is 3.96. The van der Waals surface area contributed by atoms with E-state index in [1.165, 1.54) is 10.8 Å². The molecule has 3 heterocycles. The molecule has 2 aromatic rings. The van der Waals surface area contributed by atoms with E-state index in [2.05, 4.69) is 4.98 Å². The molecule has 128 valence electrons. The molecule has 2 aromatic heterocycles. The fraction of sp³-hybridized carbons (Fsp3) is 0.467. The van der Waals surface area contributed by atoms with Crippen LogP contribution in [-0.2, 0) is 16.1 Å². The molecule has 9 heteroatoms. The van der Waals surface area contributed by atoms with Crippen LogP contribution in [0.25, 0.3) is 10.3 Å². The van der Waals surface area contributed by atoms with Gasteiger partial charge >= 0.3 is 4.87 Å². The average Bonchev–Trinajstić information content (AvgIpc) is 2.83. The normalized spacial score (nSPS) is 15.8. The van der Waals surface area contributed by atoms with E-state index in [1.807, 2.05) is 4.90 Å². The predicted molar refractivity (Wildman–Crippen MR) is 92.6 cm³/mol. The standard InChI is InChI=1S/C15H17ClN4O3S/c1-10(21)8-18-2-4-19(5-3-18)13(22)9-20-12-6-11(16)7-17-14(12)24-15(20)23/h6-7H,2-5,8-9H2,1H3. The van der Waals surface area contributed by atoms with Gasteiger partial charge in [0.15, 0.2) is 0 Å². The molecule has 24 heavy (non-hydrogen) atoms. The van der Waals surface area contributed by atoms with Crippen LogP contribution in [0.4, 0.5) is 0 Å². The number of ketones is 1. The van der Waals surface area contributed by atoms with Gasteiger partial charge < -0.3 is 4.90 Å². The summed E-state index contributed by atoms with van der Waals surface area (Å²) in [6, 6.07) is 1.65. The van der Waals surface area contributed by atoms with E-state index in [1.54, 1.807) is 17.9 Å². The van der Waals surface area contributed by atoms with Crippen molar-refractivity contribution in [3.05, 3.63) is 27.0 Å². The summed E-state index contributed by atoms with van der Waals surface area (Å²) in [6.07, 6.45) is 1.49. The van der Waals surface area contributed by atoms with Crippen molar-refractivity contribution in [2.45, 2.75) is 13.5 Å². The van der Waals surface area contributed by atoms with Crippen LogP contribution in [0.2, 0.25) is 5.02 Å². The molecule has 0 aromatic carbocycles. The maximum Gasteiger partial charge on any atom is 0.310 e. The number of amides is 1. The summed E-state index contributed by atoms with van der Waals surface area (Å²) in [5, 5.41) is 0.430. The third kappa shape index (κ3) is 3.66. The van der Waals surface area contributed by atoms with E-state index < -0.39 is 0 Å². The van der Waals surface area contributed by atoms with Gasteiger partial charge in [-0.25, -0.2) is 4.98 Å². The summed E-state index contributed by atoms with van der Waals surface area (Å²) >= 11 is 6.95. The molecular weight excluding hydrogens is 352 g/mol. The Balaban J connectivity index is 1.70. The molecule has 0 saturated carbocycles. The Morgan fingerprint density at radius 2 is 1.96 bits per heavy atom. The van der Waals surface area contributed by atoms with Gasteiger partial charge in [0.1, 0.15) is 17.2 Å². The second-order valence-electron chi connectivity index (χ2n) is 5.79. The minimum absolute atomic E-state index is 0.0203. The number of aromatic nitrogens is 2. The van der Waals surface area contributed by atoms with E-state index in [0.717, 1.165) is 11.3 Å². The second kappa shape index (κ2) is 7.00. The maximum absolute atomic E-state index is 12.5. The molecule has 3 rings (SSSR count). The highest BCUT2D eigenvalue weighted by Gasteiger charge is 2.23. The number of carbonyl (C=O) groups is 2. The van der Waals surface area contributed by atoms with Gasteiger partial charge in [-0.1, -0.05) is 22.9 Å². The Labute approximate surface area is 147 Å². The van der Waals surface area contributed by atoms with Gasteiger partial charge in [0.25, 0.3) is 0 Å². The highest BCUT2D eigenvalue weighted by Crippen LogP contribution is 2.19. The van der Waals surface area contributed by atoms with Gasteiger partial charge in [-0.05, 0) is 13.0 Å². The number of piperazine rings is 1. The minimum atomic E-state index is -0.219. The van der Waals surface area contributed by atoms with E-state index in [-0.39, 0.29) is 23.1 Å². The van der Waals surface area contributed by atoms with Gasteiger partial charge in [-0.2, -0.15) is 0 Å². The molecule has 0 spiro atoms. The number of nitrogens with zero attached hydrogens (tertiary/aromatic N) is 4. The van der Waals surface area contributed by atoms with E-state index in [0.29, 0.717) is 48.1 Å². The van der Waals surface area contributed by atoms with Crippen molar-refractivity contribution < 1.29 is 9.59 Å². The topological polar surface area (TPSA) is 75.5 Å². The van der Waals surface area contributed by atoms with Crippen LogP contribution in [0.1, 0.15) is 6.92 Å². The number of carbonyl (C=O) groups excluding carboxylic acids is 2. The van der Waals surface area contributed by atoms with Crippen molar-refractivity contribution in [2.75, 3.05) is 32.7 Å². The zero-order valence-corrected chi connectivity index (χ0v) is 14.8. The fourth-order valence-electron chi connectivity index (χ4n) is 2.78. The third-order valence-corrected chi connectivity index (χ3v) is 5.07. The molecule has 0 bridgehead atoms. The number of pyridine rings is 1. The Morgan fingerprint density at radius 3 is 2.62 bits per heavy atom. The van der Waals surface area contributed by atoms with Gasteiger partial charge in [-0.3, -0.25) is 23.9 Å². The first kappa shape index (κ1) is 17.1. The van der Waals surface area contributed by atoms with E-state index in [4.69, 9.17) is 11.6 Å². The smallest absolute Gasteiger partial charge is 0.310 e. The molecule has 7 nitrogen and oxygen atoms in total. The van der Waals surface area contributed by atoms with Crippen molar-refractivity contribution in [1.29, 1.82) is 0 Å². The summed E-state index contributed by atoms with van der Waals surface area (Å²) in [4.78, 5) is 44.0. The Morgan fingerprint density at radius 1 is 1.25 bits per heavy atom. The molecule has 1 amide bonds. The minimum Gasteiger partial charge on any atom is -0.339 e. The van der Waals surface area contributed by atoms with Crippen molar-refractivity contribution in [1.82, 2.24) is 19.4 Å². The Kier molecular flexibility index (Phi) is 4.98. The summed E-state index contributed by atoms with van der Waals surface area (Å²) < 4.78 is 1.42. The molecule has 1 aliphatic heterocycles. The number of thiazole rings is 1. The molecule has 0 N–H and O–H groups in total. The molecule has 1 saturated heterocycles. The van der Waals surface area contributed by atoms with Gasteiger partial charge in [0.2, 0.25) is 5.91 Å². The molecule has 0 atom stereocenters. The largest absolute Gasteiger partial charge is 0.339 e. The molecule has 0 unspecified atom stereocenters. The number of hydrogen-bond acceptors (Lipinski definition) is 6. The number of hydrogen-bond donors (Lipinski definition) is 0. The first-order valence-corrected chi connectivity index (χ1v) is 8.78. The van der Waals surface area contributed by atoms with Crippen LogP contribution in [0.5, 0.6) is 0 Å². The van der Waals surface area contributed by atoms with Crippen molar-refractivity contribution >= 4 is 45.0 Å². The van der Waals surface area contributed by atoms with Crippen molar-refractivity contribution in [3.8, 4) is 0 Å². The number of Topliss-reactive ketones (excluding diaryl/α,β-unsaturated/α-hetero) is 1. The lowest BCUT2D eigenvalue weighted by Gasteiger charge is -2.34. The van der Waals surface area contributed by atoms with Crippen LogP contribution in [-0.4, -0.2) is 63.8 Å². The van der Waals surface area contributed by atoms with Gasteiger partial charge in [0.05, 0.1) is 17.1 Å². The summed E-state index contributed by atoms with van der Waals surface area (Å²) in [7, 11) is 0. The molecule has 1 aliphatic rings. The molecular formula is C15H17ClN4O3S. The first-order chi connectivity index (χ1) is 11.4. The summed E-state index contributed by atoms with van der Waals surface area (Å²) in [5.74, 6) is 0.00898. The Bertz CT molecular complexity index is 839. The summed E-state index contributed by atoms with van der Waals surface area (Å²) in [5.41, 5.74) is 0.584. The zero-order chi connectivity index (χ0) is 17.3. The van der Waals surface area contributed by atoms with Crippen LogP contribution in [0, 0.1) is 0 Å². The number of rotatable bonds is 4. The number of halogens is 1. The van der Waals surface area contributed by atoms with Crippen LogP contribution in [0.3, 0.4) is 0 Å². The van der Waals surface area contributed by atoms with Crippen molar-refractivity contribution in [3.63, 3.8) is 0 Å². The zero-order valence-electron chi connectivity index (χ0n) is 13.2. The highest BCUT2D eigenvalue weighted by atomic mass is 35.5. The lowest BCUT2D eigenvalue weighted by molar-refractivity contribution is -0.133. The quantitative estimate of drug-likeness (QED) is 0.799. The van der Waals surface area contributed by atoms with Crippen LogP contribution < -0.4 is 4.87 Å². The van der Waals surface area contributed by atoms with E-state index >= 15 is 0 Å². The predicted octanol–water partition coefficient (Wildman–Crippen LogP) is 0.845. The fourth-order valence-corrected chi connectivity index (χ4v) is 3.75. The molecule has 0 radical (unpaired) electrons. The average molecular weight is 369 g/mol. The van der Waals surface area contributed by atoms with Gasteiger partial charge in [0, 0.05) is 32.4 Å². The maximum atomic E-state index is 12.5. The Hall–Kier alpha value is -1.77. The molecule has 0 aliphatic carbocycles. The second-order valence-corrected chi connectivity index (χ2v) is 7.17. The SMILES string of the molecule is CC(=O)CN1CCN(C(=O)Cn2c(=O)sc3ncc(Cl)cc32)CC1. The monoisotopic (exact) mass is 368 g/mol. The van der Waals surface area contributed by atoms with Crippen LogP contribution in [0.15, 0.2) is 17.1 Å². The van der Waals surface area contributed by atoms with E-state index in [9.17, 15) is 14.4 Å².